The van der Waals surface area contributed by atoms with E-state index in [0.29, 0.717) is 18.5 Å². The predicted molar refractivity (Wildman–Crippen MR) is 95.3 cm³/mol. The van der Waals surface area contributed by atoms with Crippen molar-refractivity contribution in [3.05, 3.63) is 65.2 Å². The molecule has 0 aromatic heterocycles. The van der Waals surface area contributed by atoms with Gasteiger partial charge >= 0.3 is 6.09 Å². The van der Waals surface area contributed by atoms with Crippen molar-refractivity contribution in [1.29, 1.82) is 0 Å². The van der Waals surface area contributed by atoms with Crippen LogP contribution in [0.5, 0.6) is 0 Å². The molecule has 1 aliphatic heterocycles. The van der Waals surface area contributed by atoms with Crippen LogP contribution in [0.2, 0.25) is 0 Å². The fourth-order valence-corrected chi connectivity index (χ4v) is 2.42. The van der Waals surface area contributed by atoms with Crippen molar-refractivity contribution in [3.8, 4) is 0 Å². The summed E-state index contributed by atoms with van der Waals surface area (Å²) in [6, 6.07) is 15.1. The maximum absolute atomic E-state index is 11.8. The van der Waals surface area contributed by atoms with E-state index in [1.165, 1.54) is 0 Å². The van der Waals surface area contributed by atoms with Gasteiger partial charge in [-0.15, -0.1) is 0 Å². The molecule has 0 fully saturated rings. The molecule has 1 aliphatic rings. The van der Waals surface area contributed by atoms with E-state index in [2.05, 4.69) is 15.8 Å². The number of hydrazone groups is 1. The van der Waals surface area contributed by atoms with Gasteiger partial charge in [0, 0.05) is 18.5 Å². The Kier molecular flexibility index (Phi) is 5.09. The highest BCUT2D eigenvalue weighted by Crippen LogP contribution is 2.13. The number of hydrogen-bond donors (Lipinski definition) is 2. The van der Waals surface area contributed by atoms with Gasteiger partial charge in [0.15, 0.2) is 0 Å². The minimum atomic E-state index is -0.493. The van der Waals surface area contributed by atoms with Crippen LogP contribution < -0.4 is 10.7 Å². The molecule has 2 aromatic carbocycles. The number of nitrogens with zero attached hydrogens (tertiary/aromatic N) is 1. The number of amides is 2. The van der Waals surface area contributed by atoms with Crippen LogP contribution in [-0.2, 0) is 16.1 Å². The lowest BCUT2D eigenvalue weighted by Crippen LogP contribution is -2.25. The fourth-order valence-electron chi connectivity index (χ4n) is 2.42. The highest BCUT2D eigenvalue weighted by molar-refractivity contribution is 6.04. The van der Waals surface area contributed by atoms with Crippen molar-refractivity contribution in [1.82, 2.24) is 5.43 Å². The molecule has 1 heterocycles. The zero-order valence-corrected chi connectivity index (χ0v) is 13.9. The highest BCUT2D eigenvalue weighted by atomic mass is 16.5. The molecule has 0 unspecified atom stereocenters. The summed E-state index contributed by atoms with van der Waals surface area (Å²) < 4.78 is 5.22. The monoisotopic (exact) mass is 337 g/mol. The van der Waals surface area contributed by atoms with Gasteiger partial charge in [-0.3, -0.25) is 10.1 Å². The maximum Gasteiger partial charge on any atom is 0.411 e. The molecular formula is C19H19N3O3. The Hall–Kier alpha value is -3.15. The molecule has 0 radical (unpaired) electrons. The van der Waals surface area contributed by atoms with Crippen LogP contribution in [0, 0.1) is 6.92 Å². The molecule has 2 N–H and O–H groups in total. The first-order valence-electron chi connectivity index (χ1n) is 8.05. The van der Waals surface area contributed by atoms with Crippen LogP contribution >= 0.6 is 0 Å². The minimum Gasteiger partial charge on any atom is -0.444 e. The summed E-state index contributed by atoms with van der Waals surface area (Å²) >= 11 is 0. The van der Waals surface area contributed by atoms with Gasteiger partial charge in [0.2, 0.25) is 5.91 Å². The van der Waals surface area contributed by atoms with Crippen LogP contribution in [0.4, 0.5) is 10.5 Å². The lowest BCUT2D eigenvalue weighted by molar-refractivity contribution is -0.121. The molecule has 0 saturated carbocycles. The lowest BCUT2D eigenvalue weighted by Gasteiger charge is -2.12. The van der Waals surface area contributed by atoms with Gasteiger partial charge in [0.05, 0.1) is 5.71 Å². The molecule has 2 aromatic rings. The third kappa shape index (κ3) is 4.67. The van der Waals surface area contributed by atoms with E-state index >= 15 is 0 Å². The fraction of sp³-hybridized carbons (Fsp3) is 0.211. The molecule has 2 amide bonds. The van der Waals surface area contributed by atoms with Gasteiger partial charge < -0.3 is 4.74 Å². The summed E-state index contributed by atoms with van der Waals surface area (Å²) in [6.45, 7) is 2.17. The van der Waals surface area contributed by atoms with E-state index < -0.39 is 6.09 Å². The van der Waals surface area contributed by atoms with Crippen molar-refractivity contribution in [3.63, 3.8) is 0 Å². The molecule has 0 saturated heterocycles. The molecule has 6 nitrogen and oxygen atoms in total. The molecule has 0 atom stereocenters. The number of nitrogens with one attached hydrogen (secondary N) is 2. The van der Waals surface area contributed by atoms with Crippen molar-refractivity contribution in [2.24, 2.45) is 5.10 Å². The first-order chi connectivity index (χ1) is 12.1. The van der Waals surface area contributed by atoms with Gasteiger partial charge in [0.25, 0.3) is 0 Å². The molecule has 128 valence electrons. The maximum atomic E-state index is 11.8. The van der Waals surface area contributed by atoms with Gasteiger partial charge in [-0.25, -0.2) is 10.2 Å². The standard InChI is InChI=1S/C19H19N3O3/c1-13-2-8-16(9-3-13)20-19(24)25-12-14-4-6-15(7-5-14)17-10-11-18(23)22-21-17/h2-9H,10-12H2,1H3,(H,20,24)(H,22,23). The molecule has 0 aliphatic carbocycles. The first-order valence-corrected chi connectivity index (χ1v) is 8.05. The minimum absolute atomic E-state index is 0.0617. The Morgan fingerprint density at radius 3 is 2.48 bits per heavy atom. The number of hydrogen-bond acceptors (Lipinski definition) is 4. The number of carbonyl (C=O) groups excluding carboxylic acids is 2. The van der Waals surface area contributed by atoms with Crippen molar-refractivity contribution in [2.45, 2.75) is 26.4 Å². The van der Waals surface area contributed by atoms with Gasteiger partial charge in [0.1, 0.15) is 6.61 Å². The quantitative estimate of drug-likeness (QED) is 0.898. The molecule has 0 bridgehead atoms. The van der Waals surface area contributed by atoms with Gasteiger partial charge in [-0.2, -0.15) is 5.10 Å². The summed E-state index contributed by atoms with van der Waals surface area (Å²) in [6.07, 6.45) is 0.580. The number of benzene rings is 2. The second kappa shape index (κ2) is 7.61. The smallest absolute Gasteiger partial charge is 0.411 e. The molecule has 3 rings (SSSR count). The second-order valence-electron chi connectivity index (χ2n) is 5.86. The number of carbonyl (C=O) groups is 2. The highest BCUT2D eigenvalue weighted by Gasteiger charge is 2.13. The summed E-state index contributed by atoms with van der Waals surface area (Å²) in [7, 11) is 0. The van der Waals surface area contributed by atoms with E-state index in [1.54, 1.807) is 0 Å². The van der Waals surface area contributed by atoms with E-state index in [-0.39, 0.29) is 12.5 Å². The van der Waals surface area contributed by atoms with E-state index in [9.17, 15) is 9.59 Å². The Balaban J connectivity index is 1.52. The largest absolute Gasteiger partial charge is 0.444 e. The number of rotatable bonds is 4. The Morgan fingerprint density at radius 1 is 1.12 bits per heavy atom. The van der Waals surface area contributed by atoms with Crippen LogP contribution in [0.25, 0.3) is 0 Å². The predicted octanol–water partition coefficient (Wildman–Crippen LogP) is 3.36. The molecule has 25 heavy (non-hydrogen) atoms. The SMILES string of the molecule is Cc1ccc(NC(=O)OCc2ccc(C3=NNC(=O)CC3)cc2)cc1. The van der Waals surface area contributed by atoms with E-state index in [0.717, 1.165) is 22.4 Å². The topological polar surface area (TPSA) is 79.8 Å². The molecular weight excluding hydrogens is 318 g/mol. The van der Waals surface area contributed by atoms with Crippen molar-refractivity contribution in [2.75, 3.05) is 5.32 Å². The zero-order chi connectivity index (χ0) is 17.6. The molecule has 0 spiro atoms. The third-order valence-electron chi connectivity index (χ3n) is 3.86. The summed E-state index contributed by atoms with van der Waals surface area (Å²) in [5.41, 5.74) is 6.99. The van der Waals surface area contributed by atoms with E-state index in [4.69, 9.17) is 4.74 Å². The average molecular weight is 337 g/mol. The molecule has 6 heteroatoms. The van der Waals surface area contributed by atoms with Crippen LogP contribution in [0.15, 0.2) is 53.6 Å². The number of ether oxygens (including phenoxy) is 1. The van der Waals surface area contributed by atoms with Gasteiger partial charge in [-0.05, 0) is 30.2 Å². The van der Waals surface area contributed by atoms with Crippen molar-refractivity contribution >= 4 is 23.4 Å². The Morgan fingerprint density at radius 2 is 1.84 bits per heavy atom. The van der Waals surface area contributed by atoms with Crippen molar-refractivity contribution < 1.29 is 14.3 Å². The van der Waals surface area contributed by atoms with Crippen LogP contribution in [0.3, 0.4) is 0 Å². The summed E-state index contributed by atoms with van der Waals surface area (Å²) in [4.78, 5) is 22.9. The number of aryl methyl sites for hydroxylation is 1. The normalized spacial score (nSPS) is 13.6. The number of anilines is 1. The summed E-state index contributed by atoms with van der Waals surface area (Å²) in [5.74, 6) is -0.0617. The Labute approximate surface area is 145 Å². The van der Waals surface area contributed by atoms with Gasteiger partial charge in [-0.1, -0.05) is 42.0 Å². The summed E-state index contributed by atoms with van der Waals surface area (Å²) in [5, 5.41) is 6.75. The average Bonchev–Trinajstić information content (AvgIpc) is 2.63. The third-order valence-corrected chi connectivity index (χ3v) is 3.86. The lowest BCUT2D eigenvalue weighted by atomic mass is 10.0. The second-order valence-corrected chi connectivity index (χ2v) is 5.86. The Bertz CT molecular complexity index is 796. The van der Waals surface area contributed by atoms with Crippen LogP contribution in [-0.4, -0.2) is 17.7 Å². The zero-order valence-electron chi connectivity index (χ0n) is 13.9. The van der Waals surface area contributed by atoms with E-state index in [1.807, 2.05) is 55.5 Å². The van der Waals surface area contributed by atoms with Crippen LogP contribution in [0.1, 0.15) is 29.5 Å². The first kappa shape index (κ1) is 16.7.